The van der Waals surface area contributed by atoms with Crippen molar-refractivity contribution in [3.8, 4) is 0 Å². The van der Waals surface area contributed by atoms with Crippen LogP contribution in [0.25, 0.3) is 0 Å². The number of halogens is 1. The maximum absolute atomic E-state index is 13.3. The van der Waals surface area contributed by atoms with E-state index in [0.29, 0.717) is 18.1 Å². The van der Waals surface area contributed by atoms with E-state index in [1.807, 2.05) is 13.1 Å². The normalized spacial score (nSPS) is 11.1. The maximum Gasteiger partial charge on any atom is 0.136 e. The molecule has 0 aromatic heterocycles. The first-order valence-electron chi connectivity index (χ1n) is 5.98. The molecule has 102 valence electrons. The Balaban J connectivity index is 2.12. The third-order valence-electron chi connectivity index (χ3n) is 2.42. The van der Waals surface area contributed by atoms with Gasteiger partial charge in [0.25, 0.3) is 0 Å². The third-order valence-corrected chi connectivity index (χ3v) is 3.45. The summed E-state index contributed by atoms with van der Waals surface area (Å²) in [5, 5.41) is 8.55. The van der Waals surface area contributed by atoms with Crippen LogP contribution >= 0.6 is 11.8 Å². The quantitative estimate of drug-likeness (QED) is 0.550. The Bertz CT molecular complexity index is 339. The Morgan fingerprint density at radius 2 is 2.06 bits per heavy atom. The fraction of sp³-hybridized carbons (Fsp3) is 0.538. The minimum Gasteiger partial charge on any atom is -0.394 e. The first-order chi connectivity index (χ1) is 8.74. The molecule has 0 unspecified atom stereocenters. The van der Waals surface area contributed by atoms with E-state index in [1.165, 1.54) is 17.8 Å². The molecule has 1 aromatic rings. The Morgan fingerprint density at radius 1 is 1.28 bits per heavy atom. The van der Waals surface area contributed by atoms with Crippen molar-refractivity contribution >= 4 is 11.8 Å². The van der Waals surface area contributed by atoms with Crippen LogP contribution in [0.1, 0.15) is 0 Å². The molecule has 1 rings (SSSR count). The van der Waals surface area contributed by atoms with Crippen LogP contribution in [0, 0.1) is 5.82 Å². The van der Waals surface area contributed by atoms with Gasteiger partial charge in [-0.3, -0.25) is 0 Å². The molecule has 0 heterocycles. The molecule has 3 nitrogen and oxygen atoms in total. The van der Waals surface area contributed by atoms with Gasteiger partial charge in [0, 0.05) is 23.7 Å². The van der Waals surface area contributed by atoms with Crippen LogP contribution in [0.15, 0.2) is 29.2 Å². The first-order valence-corrected chi connectivity index (χ1v) is 6.97. The summed E-state index contributed by atoms with van der Waals surface area (Å²) < 4.78 is 18.5. The smallest absolute Gasteiger partial charge is 0.136 e. The van der Waals surface area contributed by atoms with Gasteiger partial charge >= 0.3 is 0 Å². The molecular formula is C13H20FNO2S. The van der Waals surface area contributed by atoms with Crippen LogP contribution in [-0.4, -0.2) is 55.7 Å². The number of aliphatic hydroxyl groups excluding tert-OH is 1. The number of nitrogens with zero attached hydrogens (tertiary/aromatic N) is 1. The number of ether oxygens (including phenoxy) is 1. The van der Waals surface area contributed by atoms with Gasteiger partial charge < -0.3 is 14.7 Å². The second-order valence-corrected chi connectivity index (χ2v) is 5.05. The molecule has 5 heteroatoms. The third kappa shape index (κ3) is 6.35. The molecule has 0 saturated carbocycles. The summed E-state index contributed by atoms with van der Waals surface area (Å²) in [6.07, 6.45) is 0. The predicted octanol–water partition coefficient (Wildman–Crippen LogP) is 1.86. The molecule has 0 amide bonds. The molecule has 0 bridgehead atoms. The summed E-state index contributed by atoms with van der Waals surface area (Å²) in [6, 6.07) is 6.82. The Hall–Kier alpha value is -0.620. The highest BCUT2D eigenvalue weighted by Gasteiger charge is 2.03. The van der Waals surface area contributed by atoms with E-state index in [-0.39, 0.29) is 12.4 Å². The lowest BCUT2D eigenvalue weighted by molar-refractivity contribution is 0.0794. The zero-order valence-corrected chi connectivity index (χ0v) is 11.5. The van der Waals surface area contributed by atoms with Crippen molar-refractivity contribution in [2.45, 2.75) is 4.90 Å². The number of likely N-dealkylation sites (N-methyl/N-ethyl adjacent to an activating group) is 1. The van der Waals surface area contributed by atoms with Gasteiger partial charge in [-0.1, -0.05) is 12.1 Å². The molecule has 0 aliphatic rings. The van der Waals surface area contributed by atoms with Crippen molar-refractivity contribution in [1.29, 1.82) is 0 Å². The number of aliphatic hydroxyl groups is 1. The Labute approximate surface area is 112 Å². The van der Waals surface area contributed by atoms with Crippen LogP contribution in [0.3, 0.4) is 0 Å². The number of rotatable bonds is 9. The van der Waals surface area contributed by atoms with E-state index in [4.69, 9.17) is 9.84 Å². The number of hydrogen-bond acceptors (Lipinski definition) is 4. The number of thioether (sulfide) groups is 1. The largest absolute Gasteiger partial charge is 0.394 e. The van der Waals surface area contributed by atoms with E-state index in [9.17, 15) is 4.39 Å². The van der Waals surface area contributed by atoms with E-state index >= 15 is 0 Å². The first kappa shape index (κ1) is 15.4. The molecule has 0 aliphatic heterocycles. The van der Waals surface area contributed by atoms with Crippen molar-refractivity contribution in [1.82, 2.24) is 4.90 Å². The Kier molecular flexibility index (Phi) is 8.00. The highest BCUT2D eigenvalue weighted by atomic mass is 32.2. The van der Waals surface area contributed by atoms with Gasteiger partial charge in [-0.2, -0.15) is 0 Å². The minimum atomic E-state index is -0.156. The fourth-order valence-electron chi connectivity index (χ4n) is 1.37. The van der Waals surface area contributed by atoms with Gasteiger partial charge in [-0.15, -0.1) is 11.8 Å². The summed E-state index contributed by atoms with van der Waals surface area (Å²) in [5.74, 6) is 0.689. The zero-order valence-electron chi connectivity index (χ0n) is 10.6. The lowest BCUT2D eigenvalue weighted by Crippen LogP contribution is -2.26. The van der Waals surface area contributed by atoms with Crippen molar-refractivity contribution in [3.05, 3.63) is 30.1 Å². The molecule has 0 spiro atoms. The monoisotopic (exact) mass is 273 g/mol. The molecule has 0 saturated heterocycles. The molecule has 0 fully saturated rings. The van der Waals surface area contributed by atoms with Gasteiger partial charge in [-0.05, 0) is 19.2 Å². The lowest BCUT2D eigenvalue weighted by Gasteiger charge is -2.16. The van der Waals surface area contributed by atoms with Crippen molar-refractivity contribution in [3.63, 3.8) is 0 Å². The average Bonchev–Trinajstić information content (AvgIpc) is 2.37. The summed E-state index contributed by atoms with van der Waals surface area (Å²) in [6.45, 7) is 2.76. The van der Waals surface area contributed by atoms with E-state index < -0.39 is 0 Å². The zero-order chi connectivity index (χ0) is 13.2. The van der Waals surface area contributed by atoms with Gasteiger partial charge in [0.1, 0.15) is 5.82 Å². The second kappa shape index (κ2) is 9.33. The Morgan fingerprint density at radius 3 is 2.78 bits per heavy atom. The van der Waals surface area contributed by atoms with E-state index in [2.05, 4.69) is 4.90 Å². The fourth-order valence-corrected chi connectivity index (χ4v) is 2.38. The summed E-state index contributed by atoms with van der Waals surface area (Å²) in [4.78, 5) is 2.83. The summed E-state index contributed by atoms with van der Waals surface area (Å²) in [7, 11) is 2.00. The maximum atomic E-state index is 13.3. The van der Waals surface area contributed by atoms with Gasteiger partial charge in [-0.25, -0.2) is 4.39 Å². The molecule has 1 aromatic carbocycles. The lowest BCUT2D eigenvalue weighted by atomic mass is 10.3. The molecule has 1 N–H and O–H groups in total. The van der Waals surface area contributed by atoms with Gasteiger partial charge in [0.2, 0.25) is 0 Å². The van der Waals surface area contributed by atoms with E-state index in [1.54, 1.807) is 12.1 Å². The summed E-state index contributed by atoms with van der Waals surface area (Å²) in [5.41, 5.74) is 0. The van der Waals surface area contributed by atoms with Gasteiger partial charge in [0.15, 0.2) is 0 Å². The molecular weight excluding hydrogens is 253 g/mol. The minimum absolute atomic E-state index is 0.0624. The van der Waals surface area contributed by atoms with Crippen molar-refractivity contribution in [2.75, 3.05) is 45.7 Å². The van der Waals surface area contributed by atoms with Gasteiger partial charge in [0.05, 0.1) is 19.8 Å². The highest BCUT2D eigenvalue weighted by Crippen LogP contribution is 2.20. The topological polar surface area (TPSA) is 32.7 Å². The van der Waals surface area contributed by atoms with Crippen LogP contribution in [0.4, 0.5) is 4.39 Å². The van der Waals surface area contributed by atoms with Crippen LogP contribution in [0.2, 0.25) is 0 Å². The second-order valence-electron chi connectivity index (χ2n) is 3.92. The molecule has 0 atom stereocenters. The average molecular weight is 273 g/mol. The summed E-state index contributed by atoms with van der Waals surface area (Å²) >= 11 is 1.52. The number of hydrogen-bond donors (Lipinski definition) is 1. The van der Waals surface area contributed by atoms with Crippen molar-refractivity contribution in [2.24, 2.45) is 0 Å². The van der Waals surface area contributed by atoms with E-state index in [0.717, 1.165) is 18.8 Å². The predicted molar refractivity (Wildman–Crippen MR) is 72.5 cm³/mol. The number of benzene rings is 1. The molecule has 0 aliphatic carbocycles. The highest BCUT2D eigenvalue weighted by molar-refractivity contribution is 7.99. The van der Waals surface area contributed by atoms with Crippen LogP contribution < -0.4 is 0 Å². The standard InChI is InChI=1S/C13H20FNO2S/c1-15(6-9-17-10-8-16)7-11-18-13-5-3-2-4-12(13)14/h2-5,16H,6-11H2,1H3. The van der Waals surface area contributed by atoms with Crippen LogP contribution in [0.5, 0.6) is 0 Å². The molecule has 18 heavy (non-hydrogen) atoms. The molecule has 0 radical (unpaired) electrons. The SMILES string of the molecule is CN(CCOCCO)CCSc1ccccc1F. The van der Waals surface area contributed by atoms with Crippen molar-refractivity contribution < 1.29 is 14.2 Å². The van der Waals surface area contributed by atoms with Crippen LogP contribution in [-0.2, 0) is 4.74 Å².